The van der Waals surface area contributed by atoms with Gasteiger partial charge in [-0.2, -0.15) is 4.21 Å². The summed E-state index contributed by atoms with van der Waals surface area (Å²) in [6, 6.07) is 0. The van der Waals surface area contributed by atoms with Crippen molar-refractivity contribution in [1.29, 1.82) is 9.56 Å². The zero-order valence-electron chi connectivity index (χ0n) is 1.82. The van der Waals surface area contributed by atoms with Crippen LogP contribution < -0.4 is 0 Å². The molecular formula is H2N2OS. The van der Waals surface area contributed by atoms with Gasteiger partial charge in [-0.05, 0) is 0 Å². The third-order valence-corrected chi connectivity index (χ3v) is 0. The third-order valence-electron chi connectivity index (χ3n) is 0. The smallest absolute Gasteiger partial charge is 0.186 e. The maximum absolute atomic E-state index is 8.89. The second-order valence-electron chi connectivity index (χ2n) is 0.269. The van der Waals surface area contributed by atoms with Crippen LogP contribution in [-0.2, 0) is 10.4 Å². The molecule has 0 aromatic heterocycles. The predicted octanol–water partition coefficient (Wildman–Crippen LogP) is 0.260. The summed E-state index contributed by atoms with van der Waals surface area (Å²) in [5.74, 6) is 0. The Hall–Kier alpha value is -0.380. The molecule has 0 aromatic rings. The minimum Gasteiger partial charge on any atom is -0.206 e. The zero-order chi connectivity index (χ0) is 3.58. The standard InChI is InChI=1S/H2N2OS/c1-4(2)3/h1-2H. The van der Waals surface area contributed by atoms with Crippen LogP contribution in [0.25, 0.3) is 0 Å². The van der Waals surface area contributed by atoms with Gasteiger partial charge in [0.25, 0.3) is 0 Å². The van der Waals surface area contributed by atoms with Crippen LogP contribution in [0.5, 0.6) is 0 Å². The van der Waals surface area contributed by atoms with E-state index in [1.165, 1.54) is 0 Å². The topological polar surface area (TPSA) is 64.8 Å². The molecule has 0 atom stereocenters. The molecule has 4 heavy (non-hydrogen) atoms. The molecule has 0 heterocycles. The molecule has 0 radical (unpaired) electrons. The average molecular weight is 78.1 g/mol. The monoisotopic (exact) mass is 78.0 g/mol. The molecule has 24 valence electrons. The maximum atomic E-state index is 8.89. The first-order chi connectivity index (χ1) is 1.73. The van der Waals surface area contributed by atoms with Crippen LogP contribution in [0.3, 0.4) is 0 Å². The summed E-state index contributed by atoms with van der Waals surface area (Å²) in [6.45, 7) is 0. The molecule has 3 nitrogen and oxygen atoms in total. The van der Waals surface area contributed by atoms with Gasteiger partial charge in [-0.15, -0.1) is 0 Å². The van der Waals surface area contributed by atoms with Gasteiger partial charge < -0.3 is 0 Å². The fourth-order valence-electron chi connectivity index (χ4n) is 0. The van der Waals surface area contributed by atoms with Crippen LogP contribution in [-0.4, -0.2) is 4.21 Å². The highest BCUT2D eigenvalue weighted by Gasteiger charge is 1.23. The van der Waals surface area contributed by atoms with Crippen LogP contribution >= 0.6 is 0 Å². The van der Waals surface area contributed by atoms with Crippen molar-refractivity contribution in [2.75, 3.05) is 0 Å². The molecule has 0 aromatic carbocycles. The second kappa shape index (κ2) is 1.00. The highest BCUT2D eigenvalue weighted by Crippen LogP contribution is 1.21. The zero-order valence-corrected chi connectivity index (χ0v) is 2.63. The highest BCUT2D eigenvalue weighted by molar-refractivity contribution is 7.61. The van der Waals surface area contributed by atoms with Crippen LogP contribution in [0.4, 0.5) is 0 Å². The van der Waals surface area contributed by atoms with E-state index < -0.39 is 10.4 Å². The Morgan fingerprint density at radius 1 is 1.50 bits per heavy atom. The predicted molar refractivity (Wildman–Crippen MR) is 13.6 cm³/mol. The van der Waals surface area contributed by atoms with E-state index in [2.05, 4.69) is 0 Å². The summed E-state index contributed by atoms with van der Waals surface area (Å²) in [6.07, 6.45) is 0. The SMILES string of the molecule is N=S(=N)=O. The van der Waals surface area contributed by atoms with E-state index in [0.717, 1.165) is 0 Å². The van der Waals surface area contributed by atoms with E-state index in [0.29, 0.717) is 0 Å². The summed E-state index contributed by atoms with van der Waals surface area (Å²) in [7, 11) is -2.11. The van der Waals surface area contributed by atoms with Gasteiger partial charge in [0.1, 0.15) is 0 Å². The summed E-state index contributed by atoms with van der Waals surface area (Å²) < 4.78 is 20.3. The lowest BCUT2D eigenvalue weighted by molar-refractivity contribution is 0.691. The van der Waals surface area contributed by atoms with Crippen molar-refractivity contribution < 1.29 is 4.21 Å². The molecule has 2 N–H and O–H groups in total. The van der Waals surface area contributed by atoms with Crippen LogP contribution in [0, 0.1) is 9.56 Å². The number of rotatable bonds is 0. The van der Waals surface area contributed by atoms with Gasteiger partial charge in [0.15, 0.2) is 10.4 Å². The number of hydrogen-bond acceptors (Lipinski definition) is 3. The Labute approximate surface area is 25.2 Å². The van der Waals surface area contributed by atoms with Crippen molar-refractivity contribution in [3.8, 4) is 0 Å². The lowest BCUT2D eigenvalue weighted by atomic mass is 14.0. The summed E-state index contributed by atoms with van der Waals surface area (Å²) in [5, 5.41) is 0. The van der Waals surface area contributed by atoms with Crippen LogP contribution in [0.15, 0.2) is 0 Å². The Morgan fingerprint density at radius 3 is 1.50 bits per heavy atom. The third kappa shape index (κ3) is 4.31. The summed E-state index contributed by atoms with van der Waals surface area (Å²) in [5.41, 5.74) is 0. The van der Waals surface area contributed by atoms with Gasteiger partial charge in [0.05, 0.1) is 0 Å². The molecule has 0 saturated heterocycles. The first-order valence-electron chi connectivity index (χ1n) is 0.575. The Bertz CT molecular complexity index is 75.4. The van der Waals surface area contributed by atoms with Crippen molar-refractivity contribution in [3.05, 3.63) is 0 Å². The van der Waals surface area contributed by atoms with Gasteiger partial charge in [0, 0.05) is 0 Å². The lowest BCUT2D eigenvalue weighted by Crippen LogP contribution is -1.27. The summed E-state index contributed by atoms with van der Waals surface area (Å²) >= 11 is 0. The average Bonchev–Trinajstić information content (AvgIpc) is 0.811. The fourth-order valence-corrected chi connectivity index (χ4v) is 0. The van der Waals surface area contributed by atoms with E-state index in [1.54, 1.807) is 0 Å². The van der Waals surface area contributed by atoms with Crippen molar-refractivity contribution in [1.82, 2.24) is 0 Å². The van der Waals surface area contributed by atoms with Crippen LogP contribution in [0.2, 0.25) is 0 Å². The highest BCUT2D eigenvalue weighted by atomic mass is 32.2. The quantitative estimate of drug-likeness (QED) is 0.429. The van der Waals surface area contributed by atoms with E-state index in [4.69, 9.17) is 13.8 Å². The van der Waals surface area contributed by atoms with Gasteiger partial charge in [-0.3, -0.25) is 0 Å². The molecule has 0 amide bonds. The largest absolute Gasteiger partial charge is 0.206 e. The van der Waals surface area contributed by atoms with E-state index in [9.17, 15) is 0 Å². The first-order valence-corrected chi connectivity index (χ1v) is 1.72. The second-order valence-corrected chi connectivity index (χ2v) is 0.806. The molecule has 4 heteroatoms. The number of hydrogen-bond donors (Lipinski definition) is 2. The molecule has 0 fully saturated rings. The molecule has 0 aliphatic heterocycles. The molecule has 0 spiro atoms. The molecule has 0 aliphatic carbocycles. The Balaban J connectivity index is 4.65. The minimum absolute atomic E-state index is 2.11. The molecular weight excluding hydrogens is 76.1 g/mol. The van der Waals surface area contributed by atoms with Gasteiger partial charge in [-0.1, -0.05) is 0 Å². The summed E-state index contributed by atoms with van der Waals surface area (Å²) in [4.78, 5) is 0. The van der Waals surface area contributed by atoms with Crippen molar-refractivity contribution in [2.24, 2.45) is 0 Å². The van der Waals surface area contributed by atoms with Gasteiger partial charge in [0.2, 0.25) is 0 Å². The maximum Gasteiger partial charge on any atom is 0.186 e. The Morgan fingerprint density at radius 2 is 1.50 bits per heavy atom. The molecule has 0 rings (SSSR count). The number of nitrogens with one attached hydrogen (secondary N) is 2. The molecule has 0 saturated carbocycles. The van der Waals surface area contributed by atoms with E-state index >= 15 is 0 Å². The molecule has 0 bridgehead atoms. The fraction of sp³-hybridized carbons (Fsp3) is 0. The molecule has 0 unspecified atom stereocenters. The Kier molecular flexibility index (Phi) is 0.907. The minimum atomic E-state index is -2.11. The van der Waals surface area contributed by atoms with E-state index in [-0.39, 0.29) is 0 Å². The normalized spacial score (nSPS) is 6.00. The first kappa shape index (κ1) is 3.62. The lowest BCUT2D eigenvalue weighted by Gasteiger charge is -1.25. The van der Waals surface area contributed by atoms with Gasteiger partial charge >= 0.3 is 0 Å². The van der Waals surface area contributed by atoms with Crippen molar-refractivity contribution >= 4 is 10.4 Å². The van der Waals surface area contributed by atoms with Crippen LogP contribution in [0.1, 0.15) is 0 Å². The van der Waals surface area contributed by atoms with E-state index in [1.807, 2.05) is 0 Å². The van der Waals surface area contributed by atoms with Crippen molar-refractivity contribution in [2.45, 2.75) is 0 Å². The van der Waals surface area contributed by atoms with Gasteiger partial charge in [-0.25, -0.2) is 9.56 Å². The molecule has 0 aliphatic rings. The van der Waals surface area contributed by atoms with Crippen molar-refractivity contribution in [3.63, 3.8) is 0 Å².